The number of aliphatic hydroxyl groups is 1. The maximum atomic E-state index is 11.0. The molecule has 4 heteroatoms. The van der Waals surface area contributed by atoms with Gasteiger partial charge in [0, 0.05) is 13.0 Å². The summed E-state index contributed by atoms with van der Waals surface area (Å²) < 4.78 is 0. The van der Waals surface area contributed by atoms with Crippen LogP contribution in [0.4, 0.5) is 0 Å². The first-order valence-corrected chi connectivity index (χ1v) is 4.22. The molecule has 4 N–H and O–H groups in total. The summed E-state index contributed by atoms with van der Waals surface area (Å²) in [5.41, 5.74) is 5.20. The lowest BCUT2D eigenvalue weighted by molar-refractivity contribution is -0.122. The van der Waals surface area contributed by atoms with Gasteiger partial charge in [-0.2, -0.15) is 0 Å². The topological polar surface area (TPSA) is 75.3 Å². The molecule has 1 amide bonds. The van der Waals surface area contributed by atoms with Crippen molar-refractivity contribution in [3.8, 4) is 0 Å². The number of aliphatic hydroxyl groups excluding tert-OH is 1. The molecule has 0 aliphatic rings. The van der Waals surface area contributed by atoms with E-state index >= 15 is 0 Å². The number of rotatable bonds is 5. The second kappa shape index (κ2) is 5.97. The summed E-state index contributed by atoms with van der Waals surface area (Å²) in [5.74, 6) is 0.155. The van der Waals surface area contributed by atoms with E-state index in [1.165, 1.54) is 0 Å². The first kappa shape index (κ1) is 11.4. The van der Waals surface area contributed by atoms with Gasteiger partial charge in [0.25, 0.3) is 0 Å². The molecule has 0 fully saturated rings. The Hall–Kier alpha value is -0.610. The molecule has 0 aromatic carbocycles. The molecule has 0 radical (unpaired) electrons. The van der Waals surface area contributed by atoms with Crippen LogP contribution in [0.2, 0.25) is 0 Å². The summed E-state index contributed by atoms with van der Waals surface area (Å²) in [6.07, 6.45) is 0.323. The third kappa shape index (κ3) is 4.31. The molecule has 0 aliphatic heterocycles. The first-order chi connectivity index (χ1) is 5.61. The number of hydrogen-bond acceptors (Lipinski definition) is 3. The van der Waals surface area contributed by atoms with Gasteiger partial charge in [-0.15, -0.1) is 0 Å². The van der Waals surface area contributed by atoms with E-state index in [2.05, 4.69) is 5.32 Å². The predicted molar refractivity (Wildman–Crippen MR) is 47.5 cm³/mol. The molecule has 0 unspecified atom stereocenters. The largest absolute Gasteiger partial charge is 0.394 e. The number of carbonyl (C=O) groups is 1. The van der Waals surface area contributed by atoms with Gasteiger partial charge in [-0.1, -0.05) is 13.8 Å². The summed E-state index contributed by atoms with van der Waals surface area (Å²) in [6.45, 7) is 4.23. The van der Waals surface area contributed by atoms with E-state index in [-0.39, 0.29) is 24.5 Å². The fourth-order valence-corrected chi connectivity index (χ4v) is 0.833. The number of nitrogens with one attached hydrogen (secondary N) is 1. The Kier molecular flexibility index (Phi) is 5.66. The Labute approximate surface area is 73.1 Å². The standard InChI is InChI=1S/C8H18N2O2/c1-6(2)7(5-11)10-8(12)3-4-9/h6-7,11H,3-5,9H2,1-2H3,(H,10,12)/t7-/m1/s1. The Balaban J connectivity index is 3.77. The van der Waals surface area contributed by atoms with E-state index in [0.29, 0.717) is 13.0 Å². The normalized spacial score (nSPS) is 13.1. The second-order valence-electron chi connectivity index (χ2n) is 3.14. The van der Waals surface area contributed by atoms with Crippen LogP contribution in [0, 0.1) is 5.92 Å². The van der Waals surface area contributed by atoms with E-state index in [9.17, 15) is 4.79 Å². The SMILES string of the molecule is CC(C)[C@@H](CO)NC(=O)CCN. The van der Waals surface area contributed by atoms with Crippen molar-refractivity contribution >= 4 is 5.91 Å². The molecule has 1 atom stereocenters. The third-order valence-corrected chi connectivity index (χ3v) is 1.72. The highest BCUT2D eigenvalue weighted by molar-refractivity contribution is 5.76. The van der Waals surface area contributed by atoms with E-state index in [4.69, 9.17) is 10.8 Å². The average Bonchev–Trinajstić information content (AvgIpc) is 2.00. The van der Waals surface area contributed by atoms with Gasteiger partial charge in [0.15, 0.2) is 0 Å². The zero-order chi connectivity index (χ0) is 9.56. The maximum Gasteiger partial charge on any atom is 0.221 e. The van der Waals surface area contributed by atoms with Gasteiger partial charge in [0.2, 0.25) is 5.91 Å². The molecule has 0 aromatic heterocycles. The van der Waals surface area contributed by atoms with E-state index in [0.717, 1.165) is 0 Å². The molecule has 0 aromatic rings. The molecule has 0 aliphatic carbocycles. The van der Waals surface area contributed by atoms with Gasteiger partial charge in [-0.3, -0.25) is 4.79 Å². The van der Waals surface area contributed by atoms with Crippen LogP contribution < -0.4 is 11.1 Å². The molecule has 0 heterocycles. The van der Waals surface area contributed by atoms with Crippen molar-refractivity contribution in [2.75, 3.05) is 13.2 Å². The monoisotopic (exact) mass is 174 g/mol. The summed E-state index contributed by atoms with van der Waals surface area (Å²) in [7, 11) is 0. The lowest BCUT2D eigenvalue weighted by Gasteiger charge is -2.19. The summed E-state index contributed by atoms with van der Waals surface area (Å²) >= 11 is 0. The first-order valence-electron chi connectivity index (χ1n) is 4.22. The van der Waals surface area contributed by atoms with Gasteiger partial charge in [0.1, 0.15) is 0 Å². The molecule has 4 nitrogen and oxygen atoms in total. The fraction of sp³-hybridized carbons (Fsp3) is 0.875. The van der Waals surface area contributed by atoms with Crippen molar-refractivity contribution in [2.24, 2.45) is 11.7 Å². The van der Waals surface area contributed by atoms with Gasteiger partial charge in [-0.05, 0) is 5.92 Å². The highest BCUT2D eigenvalue weighted by Gasteiger charge is 2.13. The zero-order valence-electron chi connectivity index (χ0n) is 7.71. The minimum atomic E-state index is -0.149. The minimum absolute atomic E-state index is 0.0199. The molecule has 72 valence electrons. The van der Waals surface area contributed by atoms with E-state index < -0.39 is 0 Å². The van der Waals surface area contributed by atoms with Crippen LogP contribution >= 0.6 is 0 Å². The molecule has 0 saturated heterocycles. The zero-order valence-corrected chi connectivity index (χ0v) is 7.71. The van der Waals surface area contributed by atoms with Gasteiger partial charge in [0.05, 0.1) is 12.6 Å². The highest BCUT2D eigenvalue weighted by atomic mass is 16.3. The number of nitrogens with two attached hydrogens (primary N) is 1. The lowest BCUT2D eigenvalue weighted by atomic mass is 10.1. The second-order valence-corrected chi connectivity index (χ2v) is 3.14. The molecular formula is C8H18N2O2. The summed E-state index contributed by atoms with van der Waals surface area (Å²) in [4.78, 5) is 11.0. The van der Waals surface area contributed by atoms with E-state index in [1.807, 2.05) is 13.8 Å². The summed E-state index contributed by atoms with van der Waals surface area (Å²) in [5, 5.41) is 11.6. The summed E-state index contributed by atoms with van der Waals surface area (Å²) in [6, 6.07) is -0.149. The van der Waals surface area contributed by atoms with Crippen molar-refractivity contribution in [2.45, 2.75) is 26.3 Å². The molecule has 0 bridgehead atoms. The fourth-order valence-electron chi connectivity index (χ4n) is 0.833. The molecule has 0 spiro atoms. The van der Waals surface area contributed by atoms with Crippen molar-refractivity contribution in [3.05, 3.63) is 0 Å². The van der Waals surface area contributed by atoms with Crippen molar-refractivity contribution < 1.29 is 9.90 Å². The Bertz CT molecular complexity index is 137. The van der Waals surface area contributed by atoms with Crippen LogP contribution in [-0.4, -0.2) is 30.2 Å². The Morgan fingerprint density at radius 3 is 2.50 bits per heavy atom. The predicted octanol–water partition coefficient (Wildman–Crippen LogP) is -0.532. The molecule has 0 saturated carbocycles. The van der Waals surface area contributed by atoms with E-state index in [1.54, 1.807) is 0 Å². The smallest absolute Gasteiger partial charge is 0.221 e. The van der Waals surface area contributed by atoms with Crippen LogP contribution in [0.1, 0.15) is 20.3 Å². The van der Waals surface area contributed by atoms with Gasteiger partial charge >= 0.3 is 0 Å². The number of carbonyl (C=O) groups excluding carboxylic acids is 1. The van der Waals surface area contributed by atoms with Crippen molar-refractivity contribution in [1.82, 2.24) is 5.32 Å². The minimum Gasteiger partial charge on any atom is -0.394 e. The number of hydrogen-bond donors (Lipinski definition) is 3. The molecular weight excluding hydrogens is 156 g/mol. The van der Waals surface area contributed by atoms with Crippen molar-refractivity contribution in [1.29, 1.82) is 0 Å². The Morgan fingerprint density at radius 2 is 2.17 bits per heavy atom. The molecule has 12 heavy (non-hydrogen) atoms. The van der Waals surface area contributed by atoms with Crippen LogP contribution in [0.3, 0.4) is 0 Å². The van der Waals surface area contributed by atoms with Gasteiger partial charge < -0.3 is 16.2 Å². The van der Waals surface area contributed by atoms with Gasteiger partial charge in [-0.25, -0.2) is 0 Å². The Morgan fingerprint density at radius 1 is 1.58 bits per heavy atom. The molecule has 0 rings (SSSR count). The maximum absolute atomic E-state index is 11.0. The lowest BCUT2D eigenvalue weighted by Crippen LogP contribution is -2.41. The average molecular weight is 174 g/mol. The quantitative estimate of drug-likeness (QED) is 0.524. The van der Waals surface area contributed by atoms with Crippen LogP contribution in [-0.2, 0) is 4.79 Å². The number of amides is 1. The van der Waals surface area contributed by atoms with Crippen molar-refractivity contribution in [3.63, 3.8) is 0 Å². The van der Waals surface area contributed by atoms with Crippen LogP contribution in [0.15, 0.2) is 0 Å². The van der Waals surface area contributed by atoms with Crippen LogP contribution in [0.5, 0.6) is 0 Å². The van der Waals surface area contributed by atoms with Crippen LogP contribution in [0.25, 0.3) is 0 Å². The highest BCUT2D eigenvalue weighted by Crippen LogP contribution is 2.00. The third-order valence-electron chi connectivity index (χ3n) is 1.72.